The Morgan fingerprint density at radius 3 is 1.18 bits per heavy atom. The molecule has 1 saturated carbocycles. The van der Waals surface area contributed by atoms with Crippen LogP contribution in [0, 0.1) is 0 Å². The fourth-order valence-electron chi connectivity index (χ4n) is 5.92. The molecule has 0 N–H and O–H groups in total. The number of aromatic nitrogens is 4. The molecule has 0 atom stereocenters. The van der Waals surface area contributed by atoms with Crippen LogP contribution in [0.5, 0.6) is 23.8 Å². The fourth-order valence-corrected chi connectivity index (χ4v) is 5.92. The highest BCUT2D eigenvalue weighted by Crippen LogP contribution is 2.66. The average Bonchev–Trinajstić information content (AvgIpc) is 3.05. The monoisotopic (exact) mass is 596 g/mol. The molecule has 5 rings (SSSR count). The van der Waals surface area contributed by atoms with Crippen molar-refractivity contribution in [2.45, 2.75) is 77.0 Å². The number of hydrogen-bond acceptors (Lipinski definition) is 8. The van der Waals surface area contributed by atoms with Gasteiger partial charge in [-0.2, -0.15) is 19.9 Å². The quantitative estimate of drug-likeness (QED) is 0.129. The van der Waals surface area contributed by atoms with Crippen LogP contribution >= 0.6 is 0 Å². The van der Waals surface area contributed by atoms with Crippen molar-refractivity contribution < 1.29 is 18.9 Å². The first-order valence-corrected chi connectivity index (χ1v) is 16.1. The van der Waals surface area contributed by atoms with E-state index in [0.717, 1.165) is 37.1 Å². The van der Waals surface area contributed by atoms with Crippen molar-refractivity contribution in [1.29, 1.82) is 0 Å². The van der Waals surface area contributed by atoms with E-state index < -0.39 is 0 Å². The van der Waals surface area contributed by atoms with Gasteiger partial charge in [0.2, 0.25) is 11.8 Å². The molecule has 0 saturated heterocycles. The van der Waals surface area contributed by atoms with E-state index in [4.69, 9.17) is 28.9 Å². The second kappa shape index (κ2) is 15.5. The summed E-state index contributed by atoms with van der Waals surface area (Å²) in [5.74, 6) is 1.21. The van der Waals surface area contributed by atoms with E-state index >= 15 is 0 Å². The van der Waals surface area contributed by atoms with E-state index in [0.29, 0.717) is 50.2 Å². The van der Waals surface area contributed by atoms with Crippen LogP contribution in [0.2, 0.25) is 0 Å². The molecule has 2 heterocycles. The summed E-state index contributed by atoms with van der Waals surface area (Å²) in [4.78, 5) is 19.2. The first-order valence-electron chi connectivity index (χ1n) is 16.1. The van der Waals surface area contributed by atoms with Gasteiger partial charge in [0, 0.05) is 35.8 Å². The number of benzene rings is 2. The second-order valence-electron chi connectivity index (χ2n) is 11.1. The van der Waals surface area contributed by atoms with Crippen LogP contribution in [0.15, 0.2) is 72.8 Å². The Labute approximate surface area is 261 Å². The lowest BCUT2D eigenvalue weighted by Gasteiger charge is -2.52. The Morgan fingerprint density at radius 1 is 0.455 bits per heavy atom. The predicted octanol–water partition coefficient (Wildman–Crippen LogP) is 7.87. The molecule has 8 nitrogen and oxygen atoms in total. The van der Waals surface area contributed by atoms with Gasteiger partial charge in [-0.05, 0) is 36.8 Å². The normalized spacial score (nSPS) is 19.2. The van der Waals surface area contributed by atoms with Crippen molar-refractivity contribution in [3.8, 4) is 23.8 Å². The van der Waals surface area contributed by atoms with Gasteiger partial charge in [-0.1, -0.05) is 88.4 Å². The molecular formula is C36H44N4O4. The maximum absolute atomic E-state index is 6.05. The van der Waals surface area contributed by atoms with E-state index in [9.17, 15) is 0 Å². The molecule has 2 aromatic carbocycles. The van der Waals surface area contributed by atoms with Gasteiger partial charge < -0.3 is 18.9 Å². The first-order chi connectivity index (χ1) is 21.7. The van der Waals surface area contributed by atoms with Crippen LogP contribution in [0.3, 0.4) is 0 Å². The molecule has 0 bridgehead atoms. The minimum Gasteiger partial charge on any atom is -0.478 e. The van der Waals surface area contributed by atoms with Crippen LogP contribution in [-0.4, -0.2) is 46.4 Å². The van der Waals surface area contributed by atoms with Gasteiger partial charge >= 0.3 is 12.0 Å². The Morgan fingerprint density at radius 2 is 0.818 bits per heavy atom. The summed E-state index contributed by atoms with van der Waals surface area (Å²) in [6, 6.07) is 25.9. The van der Waals surface area contributed by atoms with Crippen molar-refractivity contribution in [2.75, 3.05) is 26.4 Å². The molecule has 0 amide bonds. The third-order valence-corrected chi connectivity index (χ3v) is 7.78. The highest BCUT2D eigenvalue weighted by Gasteiger charge is 2.54. The topological polar surface area (TPSA) is 88.5 Å². The zero-order valence-corrected chi connectivity index (χ0v) is 26.3. The third kappa shape index (κ3) is 7.29. The molecule has 8 heteroatoms. The molecule has 44 heavy (non-hydrogen) atoms. The van der Waals surface area contributed by atoms with Crippen LogP contribution in [0.25, 0.3) is 0 Å². The van der Waals surface area contributed by atoms with E-state index in [1.54, 1.807) is 0 Å². The summed E-state index contributed by atoms with van der Waals surface area (Å²) < 4.78 is 24.1. The van der Waals surface area contributed by atoms with E-state index in [2.05, 4.69) is 98.3 Å². The molecule has 0 aliphatic heterocycles. The SMILES string of the molecule is CCCOc1cc(C2C(c3ccccc3)C(c3cc(OCCC)nc(OCCC)n3)C2c2ccccc2)nc(OCCC)n1. The lowest BCUT2D eigenvalue weighted by Crippen LogP contribution is -2.41. The van der Waals surface area contributed by atoms with Gasteiger partial charge in [-0.25, -0.2) is 0 Å². The summed E-state index contributed by atoms with van der Waals surface area (Å²) in [5, 5.41) is 0. The zero-order chi connectivity index (χ0) is 30.7. The smallest absolute Gasteiger partial charge is 0.319 e. The summed E-state index contributed by atoms with van der Waals surface area (Å²) in [7, 11) is 0. The van der Waals surface area contributed by atoms with Crippen molar-refractivity contribution in [3.63, 3.8) is 0 Å². The van der Waals surface area contributed by atoms with Crippen molar-refractivity contribution >= 4 is 0 Å². The number of nitrogens with zero attached hydrogens (tertiary/aromatic N) is 4. The van der Waals surface area contributed by atoms with Crippen LogP contribution < -0.4 is 18.9 Å². The minimum absolute atomic E-state index is 0.00994. The largest absolute Gasteiger partial charge is 0.478 e. The first kappa shape index (κ1) is 31.2. The van der Waals surface area contributed by atoms with Gasteiger partial charge in [-0.3, -0.25) is 0 Å². The Balaban J connectivity index is 1.67. The maximum Gasteiger partial charge on any atom is 0.319 e. The lowest BCUT2D eigenvalue weighted by atomic mass is 9.50. The molecule has 0 radical (unpaired) electrons. The van der Waals surface area contributed by atoms with Crippen molar-refractivity contribution in [2.24, 2.45) is 0 Å². The molecule has 1 aliphatic rings. The Kier molecular flexibility index (Phi) is 11.0. The second-order valence-corrected chi connectivity index (χ2v) is 11.1. The van der Waals surface area contributed by atoms with Gasteiger partial charge in [-0.15, -0.1) is 0 Å². The molecular weight excluding hydrogens is 552 g/mol. The number of hydrogen-bond donors (Lipinski definition) is 0. The fraction of sp³-hybridized carbons (Fsp3) is 0.444. The summed E-state index contributed by atoms with van der Waals surface area (Å²) in [6.45, 7) is 10.5. The van der Waals surface area contributed by atoms with Gasteiger partial charge in [0.25, 0.3) is 0 Å². The predicted molar refractivity (Wildman–Crippen MR) is 171 cm³/mol. The highest BCUT2D eigenvalue weighted by atomic mass is 16.5. The minimum atomic E-state index is 0.00994. The number of ether oxygens (including phenoxy) is 4. The molecule has 0 spiro atoms. The van der Waals surface area contributed by atoms with Crippen LogP contribution in [0.4, 0.5) is 0 Å². The van der Waals surface area contributed by atoms with Gasteiger partial charge in [0.15, 0.2) is 0 Å². The molecule has 0 unspecified atom stereocenters. The molecule has 1 aliphatic carbocycles. The molecule has 1 fully saturated rings. The van der Waals surface area contributed by atoms with Crippen LogP contribution in [0.1, 0.15) is 99.6 Å². The molecule has 4 aromatic rings. The average molecular weight is 597 g/mol. The van der Waals surface area contributed by atoms with Gasteiger partial charge in [0.05, 0.1) is 37.8 Å². The standard InChI is InChI=1S/C36H44N4O4/c1-5-19-41-29-23-27(37-35(39-29)43-21-7-3)33-31(25-15-11-9-12-16-25)34(32(33)26-17-13-10-14-18-26)28-24-30(42-20-6-2)40-36(38-28)44-22-8-4/h9-18,23-24,31-34H,5-8,19-22H2,1-4H3. The molecule has 2 aromatic heterocycles. The molecule has 232 valence electrons. The maximum atomic E-state index is 6.05. The lowest BCUT2D eigenvalue weighted by molar-refractivity contribution is 0.208. The van der Waals surface area contributed by atoms with Gasteiger partial charge in [0.1, 0.15) is 0 Å². The van der Waals surface area contributed by atoms with E-state index in [-0.39, 0.29) is 23.7 Å². The third-order valence-electron chi connectivity index (χ3n) is 7.78. The Hall–Kier alpha value is -4.20. The zero-order valence-electron chi connectivity index (χ0n) is 26.3. The summed E-state index contributed by atoms with van der Waals surface area (Å²) in [5.41, 5.74) is 4.22. The van der Waals surface area contributed by atoms with E-state index in [1.165, 1.54) is 11.1 Å². The Bertz CT molecular complexity index is 1280. The van der Waals surface area contributed by atoms with E-state index in [1.807, 2.05) is 12.1 Å². The summed E-state index contributed by atoms with van der Waals surface area (Å²) in [6.07, 6.45) is 3.49. The highest BCUT2D eigenvalue weighted by molar-refractivity contribution is 5.47. The van der Waals surface area contributed by atoms with Crippen molar-refractivity contribution in [1.82, 2.24) is 19.9 Å². The number of rotatable bonds is 16. The summed E-state index contributed by atoms with van der Waals surface area (Å²) >= 11 is 0. The van der Waals surface area contributed by atoms with Crippen LogP contribution in [-0.2, 0) is 0 Å². The van der Waals surface area contributed by atoms with Crippen molar-refractivity contribution in [3.05, 3.63) is 95.3 Å².